The van der Waals surface area contributed by atoms with Gasteiger partial charge >= 0.3 is 0 Å². The molecule has 0 spiro atoms. The molecule has 3 rings (SSSR count). The summed E-state index contributed by atoms with van der Waals surface area (Å²) in [6, 6.07) is 0. The first-order valence-electron chi connectivity index (χ1n) is 4.98. The maximum absolute atomic E-state index is 2.30. The van der Waals surface area contributed by atoms with E-state index in [0.717, 1.165) is 0 Å². The van der Waals surface area contributed by atoms with E-state index in [4.69, 9.17) is 0 Å². The van der Waals surface area contributed by atoms with Crippen molar-refractivity contribution in [3.05, 3.63) is 71.4 Å². The van der Waals surface area contributed by atoms with Crippen LogP contribution in [0.1, 0.15) is 6.92 Å². The van der Waals surface area contributed by atoms with E-state index < -0.39 is 0 Å². The summed E-state index contributed by atoms with van der Waals surface area (Å²) in [4.78, 5) is 0. The van der Waals surface area contributed by atoms with Crippen LogP contribution in [0.5, 0.6) is 0 Å². The molecule has 0 aromatic heterocycles. The van der Waals surface area contributed by atoms with Gasteiger partial charge in [-0.05, 0) is 23.6 Å². The molecule has 0 heterocycles. The minimum absolute atomic E-state index is 0.109. The monoisotopic (exact) mass is 180 g/mol. The predicted molar refractivity (Wildman–Crippen MR) is 59.8 cm³/mol. The van der Waals surface area contributed by atoms with Gasteiger partial charge in [0.1, 0.15) is 0 Å². The zero-order valence-electron chi connectivity index (χ0n) is 8.20. The Labute approximate surface area is 84.3 Å². The smallest absolute Gasteiger partial charge is 0.0423 e. The highest BCUT2D eigenvalue weighted by Gasteiger charge is 2.38. The number of rotatable bonds is 0. The molecule has 0 heteroatoms. The Hall–Kier alpha value is -1.56. The Balaban J connectivity index is 2.33. The van der Waals surface area contributed by atoms with Crippen molar-refractivity contribution in [2.24, 2.45) is 5.41 Å². The van der Waals surface area contributed by atoms with Crippen LogP contribution in [0.15, 0.2) is 71.4 Å². The molecule has 1 atom stereocenters. The molecule has 0 N–H and O–H groups in total. The maximum Gasteiger partial charge on any atom is 0.0423 e. The maximum atomic E-state index is 2.30. The summed E-state index contributed by atoms with van der Waals surface area (Å²) < 4.78 is 0. The fourth-order valence-electron chi connectivity index (χ4n) is 2.42. The lowest BCUT2D eigenvalue weighted by Gasteiger charge is -2.31. The first kappa shape index (κ1) is 7.81. The Bertz CT molecular complexity index is 464. The number of allylic oxidation sites excluding steroid dienone is 12. The van der Waals surface area contributed by atoms with Gasteiger partial charge in [-0.25, -0.2) is 0 Å². The molecule has 0 nitrogen and oxygen atoms in total. The third kappa shape index (κ3) is 0.784. The molecule has 0 fully saturated rings. The second kappa shape index (κ2) is 2.48. The van der Waals surface area contributed by atoms with E-state index in [1.807, 2.05) is 0 Å². The lowest BCUT2D eigenvalue weighted by Crippen LogP contribution is -2.20. The Morgan fingerprint density at radius 3 is 1.86 bits per heavy atom. The van der Waals surface area contributed by atoms with Gasteiger partial charge in [0.25, 0.3) is 0 Å². The molecule has 0 amide bonds. The Kier molecular flexibility index (Phi) is 1.38. The van der Waals surface area contributed by atoms with Crippen molar-refractivity contribution in [1.29, 1.82) is 0 Å². The van der Waals surface area contributed by atoms with E-state index in [1.165, 1.54) is 16.7 Å². The van der Waals surface area contributed by atoms with Crippen molar-refractivity contribution < 1.29 is 0 Å². The predicted octanol–water partition coefficient (Wildman–Crippen LogP) is 3.48. The minimum atomic E-state index is 0.109. The molecule has 0 aromatic carbocycles. The molecular formula is C14H12. The molecule has 0 radical (unpaired) electrons. The van der Waals surface area contributed by atoms with Crippen molar-refractivity contribution in [2.45, 2.75) is 6.92 Å². The fourth-order valence-corrected chi connectivity index (χ4v) is 2.42. The summed E-state index contributed by atoms with van der Waals surface area (Å²) in [5.74, 6) is 0. The quantitative estimate of drug-likeness (QED) is 0.535. The highest BCUT2D eigenvalue weighted by atomic mass is 14.4. The Morgan fingerprint density at radius 2 is 1.21 bits per heavy atom. The average Bonchev–Trinajstić information content (AvgIpc) is 2.39. The van der Waals surface area contributed by atoms with Crippen molar-refractivity contribution in [3.63, 3.8) is 0 Å². The van der Waals surface area contributed by atoms with Crippen molar-refractivity contribution >= 4 is 0 Å². The number of hydrogen-bond acceptors (Lipinski definition) is 0. The lowest BCUT2D eigenvalue weighted by molar-refractivity contribution is 0.630. The summed E-state index contributed by atoms with van der Waals surface area (Å²) in [6.45, 7) is 2.30. The second-order valence-electron chi connectivity index (χ2n) is 4.07. The third-order valence-corrected chi connectivity index (χ3v) is 3.39. The van der Waals surface area contributed by atoms with Crippen LogP contribution in [0.3, 0.4) is 0 Å². The van der Waals surface area contributed by atoms with Gasteiger partial charge in [0, 0.05) is 5.41 Å². The molecule has 3 aliphatic rings. The van der Waals surface area contributed by atoms with Gasteiger partial charge in [-0.2, -0.15) is 0 Å². The zero-order valence-corrected chi connectivity index (χ0v) is 8.20. The standard InChI is InChI=1S/C14H12/c1-14-11-5-2-3-6-12(14)9-10-13(14)8-4-7-11/h2-10H,1H3/t14-/m0/s1. The van der Waals surface area contributed by atoms with Crippen LogP contribution in [0.2, 0.25) is 0 Å². The summed E-state index contributed by atoms with van der Waals surface area (Å²) in [7, 11) is 0. The molecule has 0 bridgehead atoms. The highest BCUT2D eigenvalue weighted by molar-refractivity contribution is 5.63. The van der Waals surface area contributed by atoms with Gasteiger partial charge < -0.3 is 0 Å². The van der Waals surface area contributed by atoms with E-state index in [2.05, 4.69) is 61.6 Å². The van der Waals surface area contributed by atoms with E-state index in [-0.39, 0.29) is 5.41 Å². The van der Waals surface area contributed by atoms with Gasteiger partial charge in [-0.1, -0.05) is 54.7 Å². The first-order chi connectivity index (χ1) is 6.82. The normalized spacial score (nSPS) is 31.9. The van der Waals surface area contributed by atoms with E-state index in [1.54, 1.807) is 0 Å². The van der Waals surface area contributed by atoms with Gasteiger partial charge in [0.15, 0.2) is 0 Å². The summed E-state index contributed by atoms with van der Waals surface area (Å²) >= 11 is 0. The van der Waals surface area contributed by atoms with Crippen molar-refractivity contribution in [2.75, 3.05) is 0 Å². The molecule has 0 aromatic rings. The molecular weight excluding hydrogens is 168 g/mol. The summed E-state index contributed by atoms with van der Waals surface area (Å²) in [5.41, 5.74) is 4.30. The minimum Gasteiger partial charge on any atom is -0.0619 e. The van der Waals surface area contributed by atoms with E-state index in [0.29, 0.717) is 0 Å². The van der Waals surface area contributed by atoms with E-state index in [9.17, 15) is 0 Å². The zero-order chi connectivity index (χ0) is 9.60. The van der Waals surface area contributed by atoms with Crippen LogP contribution in [0.25, 0.3) is 0 Å². The first-order valence-corrected chi connectivity index (χ1v) is 4.98. The summed E-state index contributed by atoms with van der Waals surface area (Å²) in [6.07, 6.45) is 19.7. The lowest BCUT2D eigenvalue weighted by atomic mass is 9.71. The van der Waals surface area contributed by atoms with Gasteiger partial charge in [-0.15, -0.1) is 0 Å². The van der Waals surface area contributed by atoms with Crippen LogP contribution >= 0.6 is 0 Å². The average molecular weight is 180 g/mol. The molecule has 68 valence electrons. The molecule has 0 aliphatic heterocycles. The van der Waals surface area contributed by atoms with Crippen LogP contribution in [-0.4, -0.2) is 0 Å². The summed E-state index contributed by atoms with van der Waals surface area (Å²) in [5, 5.41) is 0. The van der Waals surface area contributed by atoms with Crippen LogP contribution < -0.4 is 0 Å². The van der Waals surface area contributed by atoms with E-state index >= 15 is 0 Å². The SMILES string of the molecule is C[C@]12C3=CC=CC=C1C=CC2=CC=C3. The molecule has 3 aliphatic carbocycles. The largest absolute Gasteiger partial charge is 0.0619 e. The second-order valence-corrected chi connectivity index (χ2v) is 4.07. The van der Waals surface area contributed by atoms with Crippen molar-refractivity contribution in [3.8, 4) is 0 Å². The van der Waals surface area contributed by atoms with Gasteiger partial charge in [0.2, 0.25) is 0 Å². The molecule has 0 saturated heterocycles. The van der Waals surface area contributed by atoms with Crippen LogP contribution in [-0.2, 0) is 0 Å². The topological polar surface area (TPSA) is 0 Å². The molecule has 0 saturated carbocycles. The van der Waals surface area contributed by atoms with Crippen LogP contribution in [0.4, 0.5) is 0 Å². The third-order valence-electron chi connectivity index (χ3n) is 3.39. The molecule has 0 unspecified atom stereocenters. The van der Waals surface area contributed by atoms with Crippen molar-refractivity contribution in [1.82, 2.24) is 0 Å². The fraction of sp³-hybridized carbons (Fsp3) is 0.143. The van der Waals surface area contributed by atoms with Gasteiger partial charge in [0.05, 0.1) is 0 Å². The van der Waals surface area contributed by atoms with Gasteiger partial charge in [-0.3, -0.25) is 0 Å². The highest BCUT2D eigenvalue weighted by Crippen LogP contribution is 2.50. The molecule has 14 heavy (non-hydrogen) atoms. The Morgan fingerprint density at radius 1 is 0.714 bits per heavy atom. The number of hydrogen-bond donors (Lipinski definition) is 0. The van der Waals surface area contributed by atoms with Crippen LogP contribution in [0, 0.1) is 5.41 Å².